The van der Waals surface area contributed by atoms with Crippen molar-refractivity contribution in [2.24, 2.45) is 0 Å². The van der Waals surface area contributed by atoms with Gasteiger partial charge in [-0.2, -0.15) is 8.78 Å². The molecule has 1 amide bonds. The number of ether oxygens (including phenoxy) is 2. The lowest BCUT2D eigenvalue weighted by molar-refractivity contribution is -0.0512. The maximum absolute atomic E-state index is 12.3. The zero-order valence-corrected chi connectivity index (χ0v) is 13.8. The molecule has 2 aromatic carbocycles. The van der Waals surface area contributed by atoms with Crippen LogP contribution in [0.25, 0.3) is 11.0 Å². The molecule has 8 heteroatoms. The fraction of sp³-hybridized carbons (Fsp3) is 0.167. The quantitative estimate of drug-likeness (QED) is 0.732. The molecule has 1 heterocycles. The molecule has 1 aromatic heterocycles. The van der Waals surface area contributed by atoms with Crippen LogP contribution in [0.1, 0.15) is 16.1 Å². The van der Waals surface area contributed by atoms with Crippen LogP contribution < -0.4 is 14.8 Å². The molecule has 0 radical (unpaired) electrons. The summed E-state index contributed by atoms with van der Waals surface area (Å²) in [7, 11) is 1.35. The molecule has 26 heavy (non-hydrogen) atoms. The Bertz CT molecular complexity index is 934. The predicted octanol–water partition coefficient (Wildman–Crippen LogP) is 3.17. The van der Waals surface area contributed by atoms with Gasteiger partial charge in [-0.05, 0) is 29.8 Å². The number of benzene rings is 2. The molecule has 0 bridgehead atoms. The molecular formula is C18H15F2N3O3. The average Bonchev–Trinajstić information content (AvgIpc) is 2.66. The summed E-state index contributed by atoms with van der Waals surface area (Å²) < 4.78 is 34.1. The van der Waals surface area contributed by atoms with Crippen LogP contribution in [-0.4, -0.2) is 29.6 Å². The van der Waals surface area contributed by atoms with Gasteiger partial charge in [0.2, 0.25) is 0 Å². The van der Waals surface area contributed by atoms with Crippen LogP contribution in [0, 0.1) is 0 Å². The van der Waals surface area contributed by atoms with Gasteiger partial charge in [0, 0.05) is 6.54 Å². The van der Waals surface area contributed by atoms with Gasteiger partial charge in [0.1, 0.15) is 5.69 Å². The van der Waals surface area contributed by atoms with Gasteiger partial charge in [-0.15, -0.1) is 0 Å². The molecule has 0 fully saturated rings. The van der Waals surface area contributed by atoms with E-state index >= 15 is 0 Å². The lowest BCUT2D eigenvalue weighted by Gasteiger charge is -2.12. The molecule has 3 aromatic rings. The van der Waals surface area contributed by atoms with E-state index in [9.17, 15) is 13.6 Å². The number of para-hydroxylation sites is 2. The van der Waals surface area contributed by atoms with Crippen LogP contribution >= 0.6 is 0 Å². The number of nitrogens with zero attached hydrogens (tertiary/aromatic N) is 2. The Balaban J connectivity index is 1.70. The average molecular weight is 359 g/mol. The molecule has 1 N–H and O–H groups in total. The van der Waals surface area contributed by atoms with Crippen molar-refractivity contribution in [3.8, 4) is 11.5 Å². The van der Waals surface area contributed by atoms with E-state index in [1.54, 1.807) is 18.2 Å². The van der Waals surface area contributed by atoms with Crippen molar-refractivity contribution in [3.63, 3.8) is 0 Å². The van der Waals surface area contributed by atoms with Crippen molar-refractivity contribution in [1.29, 1.82) is 0 Å². The zero-order chi connectivity index (χ0) is 18.5. The molecule has 0 aliphatic carbocycles. The molecule has 0 aliphatic heterocycles. The summed E-state index contributed by atoms with van der Waals surface area (Å²) in [6.07, 6.45) is 1.40. The highest BCUT2D eigenvalue weighted by Crippen LogP contribution is 2.29. The van der Waals surface area contributed by atoms with Gasteiger partial charge in [-0.3, -0.25) is 9.78 Å². The zero-order valence-electron chi connectivity index (χ0n) is 13.8. The summed E-state index contributed by atoms with van der Waals surface area (Å²) in [5, 5.41) is 2.71. The van der Waals surface area contributed by atoms with Gasteiger partial charge in [0.25, 0.3) is 5.91 Å². The number of alkyl halides is 2. The molecule has 0 saturated heterocycles. The highest BCUT2D eigenvalue weighted by molar-refractivity contribution is 5.93. The first-order chi connectivity index (χ1) is 12.6. The Morgan fingerprint density at radius 1 is 1.15 bits per heavy atom. The van der Waals surface area contributed by atoms with E-state index in [4.69, 9.17) is 4.74 Å². The molecular weight excluding hydrogens is 344 g/mol. The van der Waals surface area contributed by atoms with Crippen LogP contribution in [0.3, 0.4) is 0 Å². The smallest absolute Gasteiger partial charge is 0.387 e. The van der Waals surface area contributed by atoms with E-state index < -0.39 is 12.5 Å². The third-order valence-corrected chi connectivity index (χ3v) is 3.58. The fourth-order valence-corrected chi connectivity index (χ4v) is 2.35. The van der Waals surface area contributed by atoms with Gasteiger partial charge in [0.05, 0.1) is 24.3 Å². The predicted molar refractivity (Wildman–Crippen MR) is 90.3 cm³/mol. The van der Waals surface area contributed by atoms with Crippen LogP contribution in [0.2, 0.25) is 0 Å². The van der Waals surface area contributed by atoms with E-state index in [2.05, 4.69) is 20.0 Å². The Kier molecular flexibility index (Phi) is 5.21. The molecule has 0 saturated carbocycles. The van der Waals surface area contributed by atoms with Crippen LogP contribution in [-0.2, 0) is 6.54 Å². The van der Waals surface area contributed by atoms with Gasteiger partial charge in [0.15, 0.2) is 11.5 Å². The normalized spacial score (nSPS) is 10.8. The SMILES string of the molecule is COc1cc(CNC(=O)c2cnc3ccccc3n2)ccc1OC(F)F. The van der Waals surface area contributed by atoms with E-state index in [0.717, 1.165) is 0 Å². The number of rotatable bonds is 6. The highest BCUT2D eigenvalue weighted by Gasteiger charge is 2.13. The number of aromatic nitrogens is 2. The molecule has 0 aliphatic rings. The molecule has 3 rings (SSSR count). The largest absolute Gasteiger partial charge is 0.493 e. The summed E-state index contributed by atoms with van der Waals surface area (Å²) in [5.41, 5.74) is 2.16. The number of nitrogens with one attached hydrogen (secondary N) is 1. The number of methoxy groups -OCH3 is 1. The second kappa shape index (κ2) is 7.73. The topological polar surface area (TPSA) is 73.3 Å². The van der Waals surface area contributed by atoms with Crippen LogP contribution in [0.4, 0.5) is 8.78 Å². The second-order valence-corrected chi connectivity index (χ2v) is 5.29. The summed E-state index contributed by atoms with van der Waals surface area (Å²) in [5.74, 6) is -0.310. The van der Waals surface area contributed by atoms with E-state index in [-0.39, 0.29) is 23.7 Å². The lowest BCUT2D eigenvalue weighted by Crippen LogP contribution is -2.24. The summed E-state index contributed by atoms with van der Waals surface area (Å²) in [6.45, 7) is -2.78. The van der Waals surface area contributed by atoms with Crippen molar-refractivity contribution >= 4 is 16.9 Å². The van der Waals surface area contributed by atoms with E-state index in [0.29, 0.717) is 16.6 Å². The molecule has 134 valence electrons. The maximum Gasteiger partial charge on any atom is 0.387 e. The molecule has 6 nitrogen and oxygen atoms in total. The van der Waals surface area contributed by atoms with E-state index in [1.807, 2.05) is 12.1 Å². The second-order valence-electron chi connectivity index (χ2n) is 5.29. The first-order valence-electron chi connectivity index (χ1n) is 7.68. The number of carbonyl (C=O) groups excluding carboxylic acids is 1. The van der Waals surface area contributed by atoms with Crippen molar-refractivity contribution in [2.45, 2.75) is 13.2 Å². The fourth-order valence-electron chi connectivity index (χ4n) is 2.35. The summed E-state index contributed by atoms with van der Waals surface area (Å²) in [6, 6.07) is 11.7. The lowest BCUT2D eigenvalue weighted by atomic mass is 10.2. The first-order valence-corrected chi connectivity index (χ1v) is 7.68. The minimum Gasteiger partial charge on any atom is -0.493 e. The third kappa shape index (κ3) is 4.02. The number of halogens is 2. The van der Waals surface area contributed by atoms with Gasteiger partial charge >= 0.3 is 6.61 Å². The van der Waals surface area contributed by atoms with Crippen LogP contribution in [0.15, 0.2) is 48.7 Å². The van der Waals surface area contributed by atoms with E-state index in [1.165, 1.54) is 25.4 Å². The number of hydrogen-bond acceptors (Lipinski definition) is 5. The van der Waals surface area contributed by atoms with Gasteiger partial charge in [-0.1, -0.05) is 18.2 Å². The number of amides is 1. The molecule has 0 unspecified atom stereocenters. The van der Waals surface area contributed by atoms with Crippen molar-refractivity contribution in [2.75, 3.05) is 7.11 Å². The number of fused-ring (bicyclic) bond motifs is 1. The Morgan fingerprint density at radius 2 is 1.92 bits per heavy atom. The minimum atomic E-state index is -2.94. The highest BCUT2D eigenvalue weighted by atomic mass is 19.3. The molecule has 0 atom stereocenters. The summed E-state index contributed by atoms with van der Waals surface area (Å²) in [4.78, 5) is 20.7. The standard InChI is InChI=1S/C18H15F2N3O3/c1-25-16-8-11(6-7-15(16)26-18(19)20)9-22-17(24)14-10-21-12-4-2-3-5-13(12)23-14/h2-8,10,18H,9H2,1H3,(H,22,24). The number of carbonyl (C=O) groups is 1. The van der Waals surface area contributed by atoms with Crippen LogP contribution in [0.5, 0.6) is 11.5 Å². The maximum atomic E-state index is 12.3. The van der Waals surface area contributed by atoms with Crippen molar-refractivity contribution in [1.82, 2.24) is 15.3 Å². The number of hydrogen-bond donors (Lipinski definition) is 1. The summed E-state index contributed by atoms with van der Waals surface area (Å²) >= 11 is 0. The van der Waals surface area contributed by atoms with Crippen molar-refractivity contribution < 1.29 is 23.0 Å². The third-order valence-electron chi connectivity index (χ3n) is 3.58. The van der Waals surface area contributed by atoms with Crippen molar-refractivity contribution in [3.05, 3.63) is 59.9 Å². The first kappa shape index (κ1) is 17.5. The minimum absolute atomic E-state index is 0.0713. The Morgan fingerprint density at radius 3 is 2.65 bits per heavy atom. The monoisotopic (exact) mass is 359 g/mol. The molecule has 0 spiro atoms. The van der Waals surface area contributed by atoms with Gasteiger partial charge < -0.3 is 14.8 Å². The Hall–Kier alpha value is -3.29. The van der Waals surface area contributed by atoms with Gasteiger partial charge in [-0.25, -0.2) is 4.98 Å². The Labute approximate surface area is 147 Å².